The fourth-order valence-electron chi connectivity index (χ4n) is 4.05. The largest absolute Gasteiger partial charge is 0.476 e. The first-order valence-electron chi connectivity index (χ1n) is 12.5. The third-order valence-corrected chi connectivity index (χ3v) is 7.92. The van der Waals surface area contributed by atoms with Crippen LogP contribution in [0, 0.1) is 22.7 Å². The molecule has 14 nitrogen and oxygen atoms in total. The summed E-state index contributed by atoms with van der Waals surface area (Å²) < 4.78 is 37.8. The van der Waals surface area contributed by atoms with E-state index in [1.54, 1.807) is 18.2 Å². The summed E-state index contributed by atoms with van der Waals surface area (Å²) in [6.45, 7) is 5.02. The van der Waals surface area contributed by atoms with E-state index in [4.69, 9.17) is 18.3 Å². The van der Waals surface area contributed by atoms with Crippen LogP contribution in [0.5, 0.6) is 0 Å². The summed E-state index contributed by atoms with van der Waals surface area (Å²) >= 11 is 0. The minimum absolute atomic E-state index is 0.0450. The van der Waals surface area contributed by atoms with Crippen LogP contribution in [0.1, 0.15) is 57.1 Å². The number of hydrogen-bond acceptors (Lipinski definition) is 12. The molecule has 0 saturated carbocycles. The minimum atomic E-state index is -4.78. The molecule has 41 heavy (non-hydrogen) atoms. The maximum absolute atomic E-state index is 14.1. The summed E-state index contributed by atoms with van der Waals surface area (Å²) in [5, 5.41) is 39.1. The predicted molar refractivity (Wildman–Crippen MR) is 141 cm³/mol. The smallest absolute Gasteiger partial charge is 0.394 e. The average molecular weight is 591 g/mol. The predicted octanol–water partition coefficient (Wildman–Crippen LogP) is 1.86. The molecule has 15 heteroatoms. The maximum atomic E-state index is 14.1. The summed E-state index contributed by atoms with van der Waals surface area (Å²) in [5.74, 6) is -0.932. The average Bonchev–Trinajstić information content (AvgIpc) is 3.17. The van der Waals surface area contributed by atoms with E-state index in [0.29, 0.717) is 4.57 Å². The Labute approximate surface area is 235 Å². The van der Waals surface area contributed by atoms with Gasteiger partial charge in [-0.2, -0.15) is 15.1 Å². The lowest BCUT2D eigenvalue weighted by Crippen LogP contribution is -2.46. The number of rotatable bonds is 11. The topological polar surface area (TPSA) is 203 Å². The number of aliphatic hydroxyl groups excluding tert-OH is 2. The number of nitriles is 2. The van der Waals surface area contributed by atoms with Crippen molar-refractivity contribution in [2.75, 3.05) is 6.61 Å². The Morgan fingerprint density at radius 1 is 1.05 bits per heavy atom. The van der Waals surface area contributed by atoms with Crippen LogP contribution in [0.15, 0.2) is 52.2 Å². The van der Waals surface area contributed by atoms with Crippen LogP contribution < -0.4 is 11.2 Å². The van der Waals surface area contributed by atoms with E-state index in [0.717, 1.165) is 16.8 Å². The van der Waals surface area contributed by atoms with Gasteiger partial charge in [0.15, 0.2) is 6.23 Å². The van der Waals surface area contributed by atoms with Crippen molar-refractivity contribution in [2.45, 2.75) is 76.3 Å². The van der Waals surface area contributed by atoms with Crippen molar-refractivity contribution in [1.29, 1.82) is 10.5 Å². The van der Waals surface area contributed by atoms with Gasteiger partial charge in [0.1, 0.15) is 18.3 Å². The molecule has 1 aliphatic rings. The van der Waals surface area contributed by atoms with Crippen LogP contribution in [-0.4, -0.2) is 61.4 Å². The van der Waals surface area contributed by atoms with Gasteiger partial charge in [-0.1, -0.05) is 18.2 Å². The highest BCUT2D eigenvalue weighted by atomic mass is 31.2. The summed E-state index contributed by atoms with van der Waals surface area (Å²) in [6.07, 6.45) is -5.91. The van der Waals surface area contributed by atoms with Gasteiger partial charge in [0.05, 0.1) is 42.8 Å². The zero-order valence-electron chi connectivity index (χ0n) is 22.9. The molecule has 0 radical (unpaired) electrons. The molecule has 4 atom stereocenters. The molecule has 2 heterocycles. The van der Waals surface area contributed by atoms with Gasteiger partial charge in [0.2, 0.25) is 0 Å². The Hall–Kier alpha value is -3.46. The minimum Gasteiger partial charge on any atom is -0.394 e. The molecular weight excluding hydrogens is 559 g/mol. The van der Waals surface area contributed by atoms with Crippen LogP contribution >= 0.6 is 7.82 Å². The molecule has 220 valence electrons. The molecule has 1 saturated heterocycles. The number of carbonyl (C=O) groups is 1. The SMILES string of the molecule is CC(C)(CC#N)OP(=O)(O[C@@H]1[C@H](O)[C@@H](CO)O[C@H]1n1ccc(=O)n(C(=O)c2ccccc2)c1=O)OC(C)(C)CC#N. The first-order chi connectivity index (χ1) is 19.2. The highest BCUT2D eigenvalue weighted by Crippen LogP contribution is 2.59. The van der Waals surface area contributed by atoms with E-state index in [-0.39, 0.29) is 18.4 Å². The Balaban J connectivity index is 2.10. The van der Waals surface area contributed by atoms with Crippen molar-refractivity contribution in [3.63, 3.8) is 0 Å². The lowest BCUT2D eigenvalue weighted by atomic mass is 10.1. The third-order valence-electron chi connectivity index (χ3n) is 5.98. The molecule has 0 amide bonds. The summed E-state index contributed by atoms with van der Waals surface area (Å²) in [7, 11) is -4.78. The van der Waals surface area contributed by atoms with Gasteiger partial charge in [0.25, 0.3) is 11.5 Å². The molecule has 0 bridgehead atoms. The second-order valence-corrected chi connectivity index (χ2v) is 11.9. The highest BCUT2D eigenvalue weighted by molar-refractivity contribution is 7.48. The van der Waals surface area contributed by atoms with Crippen LogP contribution in [0.4, 0.5) is 0 Å². The Bertz CT molecular complexity index is 1470. The zero-order valence-corrected chi connectivity index (χ0v) is 23.8. The fraction of sp³-hybridized carbons (Fsp3) is 0.500. The Morgan fingerprint density at radius 2 is 1.61 bits per heavy atom. The second kappa shape index (κ2) is 12.6. The lowest BCUT2D eigenvalue weighted by Gasteiger charge is -2.35. The number of hydrogen-bond donors (Lipinski definition) is 2. The van der Waals surface area contributed by atoms with Crippen molar-refractivity contribution in [3.8, 4) is 12.1 Å². The van der Waals surface area contributed by atoms with Crippen molar-refractivity contribution >= 4 is 13.7 Å². The maximum Gasteiger partial charge on any atom is 0.476 e. The number of aromatic nitrogens is 2. The van der Waals surface area contributed by atoms with Crippen molar-refractivity contribution < 1.29 is 37.9 Å². The standard InChI is InChI=1S/C26H31N4O10P/c1-25(2,11-13-27)39-41(36,40-26(3,4)12-14-28)38-21-20(33)18(16-31)37-23(21)29-15-10-19(32)30(24(29)35)22(34)17-8-6-5-7-9-17/h5-10,15,18,20-21,23,31,33H,11-12,16H2,1-4H3/t18-,20-,21-,23-/m1/s1. The van der Waals surface area contributed by atoms with Crippen LogP contribution in [0.3, 0.4) is 0 Å². The monoisotopic (exact) mass is 590 g/mol. The number of carbonyl (C=O) groups excluding carboxylic acids is 1. The van der Waals surface area contributed by atoms with E-state index in [2.05, 4.69) is 0 Å². The van der Waals surface area contributed by atoms with Crippen LogP contribution in [-0.2, 0) is 22.9 Å². The Morgan fingerprint density at radius 3 is 2.12 bits per heavy atom. The number of aliphatic hydroxyl groups is 2. The van der Waals surface area contributed by atoms with Crippen LogP contribution in [0.25, 0.3) is 0 Å². The molecule has 1 fully saturated rings. The van der Waals surface area contributed by atoms with Crippen molar-refractivity contribution in [1.82, 2.24) is 9.13 Å². The summed E-state index contributed by atoms with van der Waals surface area (Å²) in [6, 6.07) is 12.2. The number of nitrogens with zero attached hydrogens (tertiary/aromatic N) is 4. The van der Waals surface area contributed by atoms with E-state index < -0.39 is 67.3 Å². The molecule has 2 N–H and O–H groups in total. The molecule has 2 aromatic rings. The summed E-state index contributed by atoms with van der Waals surface area (Å²) in [5.41, 5.74) is -4.85. The number of benzene rings is 1. The molecule has 0 unspecified atom stereocenters. The lowest BCUT2D eigenvalue weighted by molar-refractivity contribution is -0.0687. The molecule has 1 aromatic carbocycles. The van der Waals surface area contributed by atoms with E-state index in [1.165, 1.54) is 39.8 Å². The second-order valence-electron chi connectivity index (χ2n) is 10.5. The zero-order chi connectivity index (χ0) is 30.6. The molecule has 0 aliphatic carbocycles. The van der Waals surface area contributed by atoms with Gasteiger partial charge in [0, 0.05) is 17.8 Å². The number of ether oxygens (including phenoxy) is 1. The van der Waals surface area contributed by atoms with E-state index in [1.807, 2.05) is 12.1 Å². The highest BCUT2D eigenvalue weighted by Gasteiger charge is 2.52. The molecular formula is C26H31N4O10P. The van der Waals surface area contributed by atoms with Crippen LogP contribution in [0.2, 0.25) is 0 Å². The van der Waals surface area contributed by atoms with Gasteiger partial charge in [-0.15, -0.1) is 0 Å². The van der Waals surface area contributed by atoms with Gasteiger partial charge < -0.3 is 14.9 Å². The normalized spacial score (nSPS) is 21.3. The molecule has 1 aromatic heterocycles. The van der Waals surface area contributed by atoms with E-state index in [9.17, 15) is 39.7 Å². The third kappa shape index (κ3) is 7.44. The van der Waals surface area contributed by atoms with Crippen molar-refractivity contribution in [2.24, 2.45) is 0 Å². The van der Waals surface area contributed by atoms with Gasteiger partial charge in [-0.05, 0) is 39.8 Å². The first kappa shape index (κ1) is 32.1. The number of phosphoric acid groups is 1. The quantitative estimate of drug-likeness (QED) is 0.360. The summed E-state index contributed by atoms with van der Waals surface area (Å²) in [4.78, 5) is 39.1. The molecule has 0 spiro atoms. The number of phosphoric ester groups is 1. The molecule has 3 rings (SSSR count). The van der Waals surface area contributed by atoms with Gasteiger partial charge in [-0.25, -0.2) is 9.36 Å². The molecule has 1 aliphatic heterocycles. The van der Waals surface area contributed by atoms with E-state index >= 15 is 0 Å². The van der Waals surface area contributed by atoms with Gasteiger partial charge >= 0.3 is 13.5 Å². The first-order valence-corrected chi connectivity index (χ1v) is 14.0. The van der Waals surface area contributed by atoms with Gasteiger partial charge in [-0.3, -0.25) is 27.7 Å². The fourth-order valence-corrected chi connectivity index (χ4v) is 6.04. The Kier molecular flexibility index (Phi) is 9.85. The van der Waals surface area contributed by atoms with Crippen molar-refractivity contribution in [3.05, 3.63) is 69.0 Å².